The summed E-state index contributed by atoms with van der Waals surface area (Å²) in [4.78, 5) is 9.93. The third-order valence-electron chi connectivity index (χ3n) is 0.624. The van der Waals surface area contributed by atoms with Crippen molar-refractivity contribution in [2.75, 3.05) is 6.61 Å². The smallest absolute Gasteiger partial charge is 0.354 e. The summed E-state index contributed by atoms with van der Waals surface area (Å²) in [5.41, 5.74) is 4.66. The van der Waals surface area contributed by atoms with Crippen LogP contribution in [0.5, 0.6) is 0 Å². The molecule has 0 aliphatic carbocycles. The van der Waals surface area contributed by atoms with Crippen LogP contribution in [0.25, 0.3) is 0 Å². The summed E-state index contributed by atoms with van der Waals surface area (Å²) in [5.74, 6) is -1.16. The van der Waals surface area contributed by atoms with E-state index < -0.39 is 5.97 Å². The Labute approximate surface area is 52.9 Å². The molecule has 0 fully saturated rings. The molecule has 4 heteroatoms. The van der Waals surface area contributed by atoms with Crippen molar-refractivity contribution in [3.8, 4) is 0 Å². The highest BCUT2D eigenvalue weighted by molar-refractivity contribution is 5.84. The molecule has 0 aliphatic rings. The minimum atomic E-state index is -1.16. The van der Waals surface area contributed by atoms with Gasteiger partial charge in [-0.15, -0.1) is 0 Å². The summed E-state index contributed by atoms with van der Waals surface area (Å²) in [6.07, 6.45) is 1.02. The first kappa shape index (κ1) is 7.81. The zero-order chi connectivity index (χ0) is 7.28. The van der Waals surface area contributed by atoms with Gasteiger partial charge in [-0.1, -0.05) is 0 Å². The molecule has 0 heterocycles. The average Bonchev–Trinajstić information content (AvgIpc) is 1.82. The van der Waals surface area contributed by atoms with E-state index in [1.54, 1.807) is 6.92 Å². The van der Waals surface area contributed by atoms with Gasteiger partial charge in [-0.3, -0.25) is 0 Å². The van der Waals surface area contributed by atoms with E-state index in [2.05, 4.69) is 4.74 Å². The summed E-state index contributed by atoms with van der Waals surface area (Å²) in [6, 6.07) is 0. The third kappa shape index (κ3) is 3.40. The van der Waals surface area contributed by atoms with Crippen molar-refractivity contribution in [3.05, 3.63) is 12.0 Å². The first-order valence-electron chi connectivity index (χ1n) is 2.49. The zero-order valence-electron chi connectivity index (χ0n) is 5.13. The van der Waals surface area contributed by atoms with Crippen LogP contribution in [-0.4, -0.2) is 17.7 Å². The van der Waals surface area contributed by atoms with Gasteiger partial charge in [0, 0.05) is 0 Å². The Hall–Kier alpha value is -1.19. The predicted molar refractivity (Wildman–Crippen MR) is 31.5 cm³/mol. The minimum absolute atomic E-state index is 0.281. The largest absolute Gasteiger partial charge is 0.499 e. The predicted octanol–water partition coefficient (Wildman–Crippen LogP) is -0.0924. The van der Waals surface area contributed by atoms with E-state index in [1.807, 2.05) is 0 Å². The van der Waals surface area contributed by atoms with Gasteiger partial charge in [0.1, 0.15) is 6.26 Å². The normalized spacial score (nSPS) is 11.0. The molecule has 0 atom stereocenters. The van der Waals surface area contributed by atoms with Crippen LogP contribution in [0.4, 0.5) is 0 Å². The summed E-state index contributed by atoms with van der Waals surface area (Å²) in [5, 5.41) is 8.14. The number of carbonyl (C=O) groups is 1. The summed E-state index contributed by atoms with van der Waals surface area (Å²) in [7, 11) is 0. The highest BCUT2D eigenvalue weighted by atomic mass is 16.5. The standard InChI is InChI=1S/C5H9NO3/c1-2-9-3-4(6)5(7)8/h3H,2,6H2,1H3,(H,7,8). The monoisotopic (exact) mass is 131 g/mol. The van der Waals surface area contributed by atoms with Crippen LogP contribution in [0, 0.1) is 0 Å². The zero-order valence-corrected chi connectivity index (χ0v) is 5.13. The van der Waals surface area contributed by atoms with Gasteiger partial charge in [-0.2, -0.15) is 0 Å². The number of carboxylic acids is 1. The van der Waals surface area contributed by atoms with E-state index in [0.717, 1.165) is 6.26 Å². The van der Waals surface area contributed by atoms with Crippen LogP contribution in [0.3, 0.4) is 0 Å². The van der Waals surface area contributed by atoms with Crippen LogP contribution >= 0.6 is 0 Å². The molecular weight excluding hydrogens is 122 g/mol. The van der Waals surface area contributed by atoms with Gasteiger partial charge < -0.3 is 15.6 Å². The number of hydrogen-bond donors (Lipinski definition) is 2. The van der Waals surface area contributed by atoms with Crippen LogP contribution in [-0.2, 0) is 9.53 Å². The highest BCUT2D eigenvalue weighted by Gasteiger charge is 1.98. The fourth-order valence-corrected chi connectivity index (χ4v) is 0.224. The SMILES string of the molecule is CCOC=C(N)C(=O)O. The lowest BCUT2D eigenvalue weighted by molar-refractivity contribution is -0.132. The molecule has 0 spiro atoms. The van der Waals surface area contributed by atoms with Gasteiger partial charge in [0.05, 0.1) is 6.61 Å². The lowest BCUT2D eigenvalue weighted by atomic mass is 10.5. The van der Waals surface area contributed by atoms with Gasteiger partial charge in [-0.25, -0.2) is 4.79 Å². The number of ether oxygens (including phenoxy) is 1. The van der Waals surface area contributed by atoms with Gasteiger partial charge in [-0.05, 0) is 6.92 Å². The van der Waals surface area contributed by atoms with Crippen LogP contribution in [0.15, 0.2) is 12.0 Å². The molecule has 4 nitrogen and oxygen atoms in total. The third-order valence-corrected chi connectivity index (χ3v) is 0.624. The van der Waals surface area contributed by atoms with Crippen LogP contribution in [0.1, 0.15) is 6.92 Å². The highest BCUT2D eigenvalue weighted by Crippen LogP contribution is 1.83. The van der Waals surface area contributed by atoms with Gasteiger partial charge in [0.2, 0.25) is 0 Å². The van der Waals surface area contributed by atoms with Crippen molar-refractivity contribution in [3.63, 3.8) is 0 Å². The Morgan fingerprint density at radius 1 is 1.89 bits per heavy atom. The van der Waals surface area contributed by atoms with Crippen molar-refractivity contribution >= 4 is 5.97 Å². The molecule has 0 saturated heterocycles. The quantitative estimate of drug-likeness (QED) is 0.414. The molecule has 0 aliphatic heterocycles. The molecule has 0 saturated carbocycles. The molecular formula is C5H9NO3. The van der Waals surface area contributed by atoms with Crippen molar-refractivity contribution < 1.29 is 14.6 Å². The second-order valence-corrected chi connectivity index (χ2v) is 1.33. The Balaban J connectivity index is 3.69. The van der Waals surface area contributed by atoms with Crippen molar-refractivity contribution in [2.45, 2.75) is 6.92 Å². The second-order valence-electron chi connectivity index (χ2n) is 1.33. The lowest BCUT2D eigenvalue weighted by Crippen LogP contribution is -2.10. The van der Waals surface area contributed by atoms with E-state index in [9.17, 15) is 4.79 Å². The van der Waals surface area contributed by atoms with Crippen molar-refractivity contribution in [2.24, 2.45) is 5.73 Å². The fraction of sp³-hybridized carbons (Fsp3) is 0.400. The Kier molecular flexibility index (Phi) is 3.27. The summed E-state index contributed by atoms with van der Waals surface area (Å²) >= 11 is 0. The van der Waals surface area contributed by atoms with Crippen molar-refractivity contribution in [1.29, 1.82) is 0 Å². The van der Waals surface area contributed by atoms with E-state index in [1.165, 1.54) is 0 Å². The van der Waals surface area contributed by atoms with Gasteiger partial charge in [0.15, 0.2) is 5.70 Å². The molecule has 0 aromatic carbocycles. The molecule has 52 valence electrons. The molecule has 3 N–H and O–H groups in total. The molecule has 0 amide bonds. The topological polar surface area (TPSA) is 72.5 Å². The first-order valence-corrected chi connectivity index (χ1v) is 2.49. The maximum Gasteiger partial charge on any atom is 0.354 e. The number of rotatable bonds is 3. The van der Waals surface area contributed by atoms with Gasteiger partial charge in [0.25, 0.3) is 0 Å². The molecule has 0 aromatic heterocycles. The second kappa shape index (κ2) is 3.77. The number of carboxylic acid groups (broad SMARTS) is 1. The fourth-order valence-electron chi connectivity index (χ4n) is 0.224. The maximum absolute atomic E-state index is 9.93. The summed E-state index contributed by atoms with van der Waals surface area (Å²) in [6.45, 7) is 2.17. The molecule has 0 radical (unpaired) electrons. The minimum Gasteiger partial charge on any atom is -0.499 e. The molecule has 0 rings (SSSR count). The lowest BCUT2D eigenvalue weighted by Gasteiger charge is -1.93. The Bertz CT molecular complexity index is 130. The molecule has 0 aromatic rings. The number of nitrogens with two attached hydrogens (primary N) is 1. The molecule has 0 unspecified atom stereocenters. The van der Waals surface area contributed by atoms with Crippen LogP contribution < -0.4 is 5.73 Å². The van der Waals surface area contributed by atoms with Crippen molar-refractivity contribution in [1.82, 2.24) is 0 Å². The Morgan fingerprint density at radius 3 is 2.78 bits per heavy atom. The van der Waals surface area contributed by atoms with E-state index in [0.29, 0.717) is 6.61 Å². The molecule has 9 heavy (non-hydrogen) atoms. The number of hydrogen-bond acceptors (Lipinski definition) is 3. The van der Waals surface area contributed by atoms with E-state index in [-0.39, 0.29) is 5.70 Å². The average molecular weight is 131 g/mol. The Morgan fingerprint density at radius 2 is 2.44 bits per heavy atom. The van der Waals surface area contributed by atoms with Gasteiger partial charge >= 0.3 is 5.97 Å². The van der Waals surface area contributed by atoms with Crippen LogP contribution in [0.2, 0.25) is 0 Å². The van der Waals surface area contributed by atoms with E-state index >= 15 is 0 Å². The summed E-state index contributed by atoms with van der Waals surface area (Å²) < 4.78 is 4.59. The number of aliphatic carboxylic acids is 1. The maximum atomic E-state index is 9.93. The van der Waals surface area contributed by atoms with E-state index in [4.69, 9.17) is 10.8 Å². The molecule has 0 bridgehead atoms. The first-order chi connectivity index (χ1) is 4.18.